The van der Waals surface area contributed by atoms with E-state index in [9.17, 15) is 9.59 Å². The third-order valence-corrected chi connectivity index (χ3v) is 5.88. The fourth-order valence-corrected chi connectivity index (χ4v) is 4.26. The Morgan fingerprint density at radius 3 is 2.54 bits per heavy atom. The van der Waals surface area contributed by atoms with E-state index in [1.165, 1.54) is 0 Å². The lowest BCUT2D eigenvalue weighted by molar-refractivity contribution is 0.0536. The smallest absolute Gasteiger partial charge is 0.274 e. The standard InChI is InChI=1S/C20H26N6O2/c1-13(2)17-21-11-14-16(22-17)20(12-24(3)18(14)27)6-9-26(10-7-20)19(28)15-5-8-25(4)23-15/h5,8,11,13H,6-7,9-10,12H2,1-4H3. The third kappa shape index (κ3) is 2.96. The molecule has 2 amide bonds. The largest absolute Gasteiger partial charge is 0.341 e. The molecule has 0 N–H and O–H groups in total. The SMILES string of the molecule is CC(C)c1ncc2c(n1)C1(CCN(C(=O)c3ccn(C)n3)CC1)CN(C)C2=O. The molecule has 2 aromatic heterocycles. The molecule has 0 atom stereocenters. The predicted octanol–water partition coefficient (Wildman–Crippen LogP) is 1.59. The van der Waals surface area contributed by atoms with Crippen LogP contribution >= 0.6 is 0 Å². The van der Waals surface area contributed by atoms with E-state index in [2.05, 4.69) is 23.9 Å². The molecule has 2 aliphatic rings. The van der Waals surface area contributed by atoms with Crippen molar-refractivity contribution in [1.82, 2.24) is 29.5 Å². The minimum absolute atomic E-state index is 0.0251. The molecular weight excluding hydrogens is 356 g/mol. The highest BCUT2D eigenvalue weighted by molar-refractivity contribution is 5.96. The molecule has 1 saturated heterocycles. The minimum atomic E-state index is -0.231. The summed E-state index contributed by atoms with van der Waals surface area (Å²) in [5.74, 6) is 0.898. The van der Waals surface area contributed by atoms with Crippen molar-refractivity contribution in [3.63, 3.8) is 0 Å². The zero-order valence-electron chi connectivity index (χ0n) is 16.8. The van der Waals surface area contributed by atoms with Gasteiger partial charge in [-0.25, -0.2) is 9.97 Å². The Hall–Kier alpha value is -2.77. The molecule has 4 rings (SSSR count). The molecule has 0 bridgehead atoms. The van der Waals surface area contributed by atoms with Crippen LogP contribution in [0.3, 0.4) is 0 Å². The van der Waals surface area contributed by atoms with Gasteiger partial charge in [0, 0.05) is 57.5 Å². The first-order valence-electron chi connectivity index (χ1n) is 9.72. The Labute approximate surface area is 164 Å². The number of nitrogens with zero attached hydrogens (tertiary/aromatic N) is 6. The number of hydrogen-bond acceptors (Lipinski definition) is 5. The van der Waals surface area contributed by atoms with Crippen LogP contribution in [-0.2, 0) is 12.5 Å². The van der Waals surface area contributed by atoms with E-state index in [0.717, 1.165) is 24.4 Å². The zero-order valence-corrected chi connectivity index (χ0v) is 16.8. The van der Waals surface area contributed by atoms with Gasteiger partial charge in [0.25, 0.3) is 11.8 Å². The number of piperidine rings is 1. The van der Waals surface area contributed by atoms with E-state index >= 15 is 0 Å². The van der Waals surface area contributed by atoms with Gasteiger partial charge in [-0.3, -0.25) is 14.3 Å². The molecule has 0 aromatic carbocycles. The van der Waals surface area contributed by atoms with Crippen molar-refractivity contribution in [2.24, 2.45) is 7.05 Å². The molecule has 28 heavy (non-hydrogen) atoms. The molecule has 2 aliphatic heterocycles. The maximum Gasteiger partial charge on any atom is 0.274 e. The second kappa shape index (κ2) is 6.68. The maximum absolute atomic E-state index is 12.7. The maximum atomic E-state index is 12.7. The van der Waals surface area contributed by atoms with Gasteiger partial charge < -0.3 is 9.80 Å². The number of aryl methyl sites for hydroxylation is 1. The van der Waals surface area contributed by atoms with Gasteiger partial charge in [-0.15, -0.1) is 0 Å². The van der Waals surface area contributed by atoms with Crippen molar-refractivity contribution >= 4 is 11.8 Å². The van der Waals surface area contributed by atoms with E-state index in [4.69, 9.17) is 4.98 Å². The van der Waals surface area contributed by atoms with Gasteiger partial charge in [0.1, 0.15) is 11.5 Å². The van der Waals surface area contributed by atoms with Crippen molar-refractivity contribution in [3.8, 4) is 0 Å². The number of carbonyl (C=O) groups excluding carboxylic acids is 2. The van der Waals surface area contributed by atoms with Crippen molar-refractivity contribution < 1.29 is 9.59 Å². The van der Waals surface area contributed by atoms with Gasteiger partial charge in [-0.2, -0.15) is 5.10 Å². The summed E-state index contributed by atoms with van der Waals surface area (Å²) in [5, 5.41) is 4.23. The summed E-state index contributed by atoms with van der Waals surface area (Å²) in [7, 11) is 3.63. The highest BCUT2D eigenvalue weighted by Gasteiger charge is 2.46. The van der Waals surface area contributed by atoms with Gasteiger partial charge in [-0.05, 0) is 18.9 Å². The summed E-state index contributed by atoms with van der Waals surface area (Å²) >= 11 is 0. The summed E-state index contributed by atoms with van der Waals surface area (Å²) in [5.41, 5.74) is 1.70. The highest BCUT2D eigenvalue weighted by Crippen LogP contribution is 2.40. The molecule has 1 spiro atoms. The number of likely N-dealkylation sites (N-methyl/N-ethyl adjacent to an activating group) is 1. The first kappa shape index (κ1) is 18.6. The van der Waals surface area contributed by atoms with Crippen LogP contribution in [0, 0.1) is 0 Å². The molecule has 8 nitrogen and oxygen atoms in total. The average molecular weight is 382 g/mol. The Morgan fingerprint density at radius 2 is 1.93 bits per heavy atom. The molecule has 0 saturated carbocycles. The van der Waals surface area contributed by atoms with E-state index in [1.807, 2.05) is 11.9 Å². The van der Waals surface area contributed by atoms with Crippen LogP contribution in [0.25, 0.3) is 0 Å². The van der Waals surface area contributed by atoms with Crippen LogP contribution in [0.2, 0.25) is 0 Å². The van der Waals surface area contributed by atoms with E-state index in [1.54, 1.807) is 35.1 Å². The second-order valence-corrected chi connectivity index (χ2v) is 8.25. The second-order valence-electron chi connectivity index (χ2n) is 8.25. The van der Waals surface area contributed by atoms with Gasteiger partial charge in [0.2, 0.25) is 0 Å². The van der Waals surface area contributed by atoms with Gasteiger partial charge in [0.15, 0.2) is 0 Å². The van der Waals surface area contributed by atoms with Crippen molar-refractivity contribution in [1.29, 1.82) is 0 Å². The van der Waals surface area contributed by atoms with Gasteiger partial charge >= 0.3 is 0 Å². The molecule has 0 radical (unpaired) electrons. The molecule has 2 aromatic rings. The Kier molecular flexibility index (Phi) is 4.44. The van der Waals surface area contributed by atoms with Crippen LogP contribution in [0.5, 0.6) is 0 Å². The average Bonchev–Trinajstić information content (AvgIpc) is 3.12. The summed E-state index contributed by atoms with van der Waals surface area (Å²) in [6, 6.07) is 1.75. The molecule has 0 unspecified atom stereocenters. The first-order valence-corrected chi connectivity index (χ1v) is 9.72. The zero-order chi connectivity index (χ0) is 20.1. The normalized spacial score (nSPS) is 18.7. The first-order chi connectivity index (χ1) is 13.3. The molecule has 148 valence electrons. The van der Waals surface area contributed by atoms with Crippen LogP contribution in [0.1, 0.15) is 65.0 Å². The number of aromatic nitrogens is 4. The van der Waals surface area contributed by atoms with Crippen molar-refractivity contribution in [2.45, 2.75) is 38.0 Å². The lowest BCUT2D eigenvalue weighted by Gasteiger charge is -2.46. The predicted molar refractivity (Wildman–Crippen MR) is 103 cm³/mol. The molecule has 4 heterocycles. The highest BCUT2D eigenvalue weighted by atomic mass is 16.2. The number of rotatable bonds is 2. The van der Waals surface area contributed by atoms with Crippen LogP contribution in [0.15, 0.2) is 18.5 Å². The number of amides is 2. The fourth-order valence-electron chi connectivity index (χ4n) is 4.26. The number of carbonyl (C=O) groups is 2. The van der Waals surface area contributed by atoms with Crippen LogP contribution in [-0.4, -0.2) is 68.0 Å². The lowest BCUT2D eigenvalue weighted by atomic mass is 9.71. The quantitative estimate of drug-likeness (QED) is 0.788. The fraction of sp³-hybridized carbons (Fsp3) is 0.550. The van der Waals surface area contributed by atoms with Crippen LogP contribution < -0.4 is 0 Å². The molecule has 0 aliphatic carbocycles. The van der Waals surface area contributed by atoms with Gasteiger partial charge in [0.05, 0.1) is 11.3 Å². The number of likely N-dealkylation sites (tertiary alicyclic amines) is 1. The van der Waals surface area contributed by atoms with E-state index in [-0.39, 0.29) is 23.1 Å². The minimum Gasteiger partial charge on any atom is -0.341 e. The number of hydrogen-bond donors (Lipinski definition) is 0. The summed E-state index contributed by atoms with van der Waals surface area (Å²) in [4.78, 5) is 38.3. The molecule has 8 heteroatoms. The summed E-state index contributed by atoms with van der Waals surface area (Å²) in [6.07, 6.45) is 5.00. The third-order valence-electron chi connectivity index (χ3n) is 5.88. The summed E-state index contributed by atoms with van der Waals surface area (Å²) in [6.45, 7) is 5.98. The van der Waals surface area contributed by atoms with Crippen molar-refractivity contribution in [3.05, 3.63) is 41.2 Å². The number of fused-ring (bicyclic) bond motifs is 2. The topological polar surface area (TPSA) is 84.2 Å². The van der Waals surface area contributed by atoms with E-state index < -0.39 is 0 Å². The molecule has 1 fully saturated rings. The van der Waals surface area contributed by atoms with Gasteiger partial charge in [-0.1, -0.05) is 13.8 Å². The van der Waals surface area contributed by atoms with Crippen molar-refractivity contribution in [2.75, 3.05) is 26.7 Å². The lowest BCUT2D eigenvalue weighted by Crippen LogP contribution is -2.54. The van der Waals surface area contributed by atoms with Crippen LogP contribution in [0.4, 0.5) is 0 Å². The Balaban J connectivity index is 1.62. The van der Waals surface area contributed by atoms with E-state index in [0.29, 0.717) is 30.9 Å². The molecular formula is C20H26N6O2. The Morgan fingerprint density at radius 1 is 1.21 bits per heavy atom. The summed E-state index contributed by atoms with van der Waals surface area (Å²) < 4.78 is 1.64. The Bertz CT molecular complexity index is 927. The monoisotopic (exact) mass is 382 g/mol.